The molecule has 0 radical (unpaired) electrons. The van der Waals surface area contributed by atoms with Crippen molar-refractivity contribution >= 4 is 0 Å². The maximum absolute atomic E-state index is 12.8. The minimum Gasteiger partial charge on any atom is -0.493 e. The van der Waals surface area contributed by atoms with Crippen LogP contribution in [-0.4, -0.2) is 12.1 Å². The average Bonchev–Trinajstić information content (AvgIpc) is 2.09. The standard InChI is InChI=1S/C7H6F3NO2/c1-13-5-3(6(9)10)2-11-7(12)4(5)8/h2,6H,1H3,(H,11,12). The van der Waals surface area contributed by atoms with Crippen LogP contribution in [0.25, 0.3) is 0 Å². The molecule has 0 saturated heterocycles. The molecular weight excluding hydrogens is 187 g/mol. The van der Waals surface area contributed by atoms with Crippen molar-refractivity contribution < 1.29 is 17.9 Å². The Bertz CT molecular complexity index is 361. The average molecular weight is 193 g/mol. The molecule has 0 unspecified atom stereocenters. The van der Waals surface area contributed by atoms with Gasteiger partial charge in [-0.15, -0.1) is 0 Å². The highest BCUT2D eigenvalue weighted by molar-refractivity contribution is 5.32. The zero-order chi connectivity index (χ0) is 10.0. The molecule has 1 N–H and O–H groups in total. The normalized spacial score (nSPS) is 10.5. The number of pyridine rings is 1. The molecule has 0 aliphatic carbocycles. The Labute approximate surface area is 71.2 Å². The molecule has 1 aromatic rings. The first-order valence-corrected chi connectivity index (χ1v) is 3.31. The van der Waals surface area contributed by atoms with Gasteiger partial charge in [0.15, 0.2) is 5.75 Å². The number of rotatable bonds is 2. The highest BCUT2D eigenvalue weighted by atomic mass is 19.3. The largest absolute Gasteiger partial charge is 0.493 e. The van der Waals surface area contributed by atoms with E-state index in [1.165, 1.54) is 0 Å². The maximum atomic E-state index is 12.8. The number of hydrogen-bond acceptors (Lipinski definition) is 2. The van der Waals surface area contributed by atoms with E-state index in [1.807, 2.05) is 4.98 Å². The highest BCUT2D eigenvalue weighted by Gasteiger charge is 2.19. The van der Waals surface area contributed by atoms with Crippen molar-refractivity contribution in [2.24, 2.45) is 0 Å². The topological polar surface area (TPSA) is 42.1 Å². The van der Waals surface area contributed by atoms with E-state index in [1.54, 1.807) is 0 Å². The molecule has 0 aromatic carbocycles. The summed E-state index contributed by atoms with van der Waals surface area (Å²) < 4.78 is 41.5. The summed E-state index contributed by atoms with van der Waals surface area (Å²) in [7, 11) is 1.02. The fourth-order valence-corrected chi connectivity index (χ4v) is 0.872. The molecule has 0 atom stereocenters. The zero-order valence-corrected chi connectivity index (χ0v) is 6.61. The van der Waals surface area contributed by atoms with Crippen LogP contribution in [0.2, 0.25) is 0 Å². The summed E-state index contributed by atoms with van der Waals surface area (Å²) in [5.41, 5.74) is -1.75. The lowest BCUT2D eigenvalue weighted by Gasteiger charge is -2.06. The third-order valence-electron chi connectivity index (χ3n) is 1.46. The van der Waals surface area contributed by atoms with Gasteiger partial charge >= 0.3 is 0 Å². The van der Waals surface area contributed by atoms with Gasteiger partial charge in [0.05, 0.1) is 12.7 Å². The van der Waals surface area contributed by atoms with E-state index in [2.05, 4.69) is 4.74 Å². The Kier molecular flexibility index (Phi) is 2.60. The van der Waals surface area contributed by atoms with Gasteiger partial charge in [0.1, 0.15) is 0 Å². The monoisotopic (exact) mass is 193 g/mol. The number of nitrogens with one attached hydrogen (secondary N) is 1. The first-order valence-electron chi connectivity index (χ1n) is 3.31. The van der Waals surface area contributed by atoms with Crippen molar-refractivity contribution in [2.45, 2.75) is 6.43 Å². The Balaban J connectivity index is 3.38. The van der Waals surface area contributed by atoms with E-state index in [-0.39, 0.29) is 0 Å². The Morgan fingerprint density at radius 1 is 1.54 bits per heavy atom. The predicted molar refractivity (Wildman–Crippen MR) is 38.5 cm³/mol. The third kappa shape index (κ3) is 1.66. The SMILES string of the molecule is COc1c(C(F)F)c[nH]c(=O)c1F. The van der Waals surface area contributed by atoms with Crippen LogP contribution in [-0.2, 0) is 0 Å². The summed E-state index contributed by atoms with van der Waals surface area (Å²) in [5, 5.41) is 0. The number of alkyl halides is 2. The van der Waals surface area contributed by atoms with Crippen LogP contribution < -0.4 is 10.3 Å². The second-order valence-corrected chi connectivity index (χ2v) is 2.22. The minimum atomic E-state index is -2.89. The van der Waals surface area contributed by atoms with Crippen LogP contribution in [0, 0.1) is 5.82 Å². The van der Waals surface area contributed by atoms with Gasteiger partial charge in [-0.25, -0.2) is 8.78 Å². The third-order valence-corrected chi connectivity index (χ3v) is 1.46. The Morgan fingerprint density at radius 3 is 2.62 bits per heavy atom. The first-order chi connectivity index (χ1) is 6.07. The fraction of sp³-hybridized carbons (Fsp3) is 0.286. The Morgan fingerprint density at radius 2 is 2.15 bits per heavy atom. The summed E-state index contributed by atoms with van der Waals surface area (Å²) in [5.74, 6) is -2.04. The smallest absolute Gasteiger partial charge is 0.287 e. The molecular formula is C7H6F3NO2. The van der Waals surface area contributed by atoms with Gasteiger partial charge in [-0.05, 0) is 0 Å². The molecule has 0 spiro atoms. The van der Waals surface area contributed by atoms with Crippen LogP contribution in [0.3, 0.4) is 0 Å². The quantitative estimate of drug-likeness (QED) is 0.772. The summed E-state index contributed by atoms with van der Waals surface area (Å²) in [6.45, 7) is 0. The van der Waals surface area contributed by atoms with Crippen LogP contribution in [0.1, 0.15) is 12.0 Å². The number of aromatic nitrogens is 1. The molecule has 6 heteroatoms. The molecule has 0 saturated carbocycles. The van der Waals surface area contributed by atoms with Gasteiger partial charge in [0.25, 0.3) is 12.0 Å². The number of methoxy groups -OCH3 is 1. The van der Waals surface area contributed by atoms with E-state index in [4.69, 9.17) is 0 Å². The summed E-state index contributed by atoms with van der Waals surface area (Å²) in [6.07, 6.45) is -2.16. The molecule has 1 aromatic heterocycles. The number of H-pyrrole nitrogens is 1. The van der Waals surface area contributed by atoms with Gasteiger partial charge in [0.2, 0.25) is 5.82 Å². The molecule has 0 aliphatic rings. The molecule has 1 rings (SSSR count). The van der Waals surface area contributed by atoms with Crippen LogP contribution in [0.15, 0.2) is 11.0 Å². The van der Waals surface area contributed by atoms with E-state index in [0.29, 0.717) is 0 Å². The number of aromatic amines is 1. The highest BCUT2D eigenvalue weighted by Crippen LogP contribution is 2.28. The molecule has 1 heterocycles. The molecule has 72 valence electrons. The minimum absolute atomic E-state index is 0.667. The number of ether oxygens (including phenoxy) is 1. The van der Waals surface area contributed by atoms with Crippen LogP contribution in [0.4, 0.5) is 13.2 Å². The lowest BCUT2D eigenvalue weighted by Crippen LogP contribution is -2.13. The molecule has 3 nitrogen and oxygen atoms in total. The molecule has 0 amide bonds. The van der Waals surface area contributed by atoms with Crippen molar-refractivity contribution in [3.8, 4) is 5.75 Å². The van der Waals surface area contributed by atoms with Crippen molar-refractivity contribution in [2.75, 3.05) is 7.11 Å². The lowest BCUT2D eigenvalue weighted by atomic mass is 10.2. The zero-order valence-electron chi connectivity index (χ0n) is 6.61. The number of halogens is 3. The van der Waals surface area contributed by atoms with Crippen molar-refractivity contribution in [1.29, 1.82) is 0 Å². The summed E-state index contributed by atoms with van der Waals surface area (Å²) in [4.78, 5) is 12.5. The van der Waals surface area contributed by atoms with E-state index >= 15 is 0 Å². The summed E-state index contributed by atoms with van der Waals surface area (Å²) in [6, 6.07) is 0. The molecule has 0 aliphatic heterocycles. The Hall–Kier alpha value is -1.46. The second kappa shape index (κ2) is 3.51. The summed E-state index contributed by atoms with van der Waals surface area (Å²) >= 11 is 0. The predicted octanol–water partition coefficient (Wildman–Crippen LogP) is 1.46. The van der Waals surface area contributed by atoms with Crippen LogP contribution in [0.5, 0.6) is 5.75 Å². The first kappa shape index (κ1) is 9.63. The van der Waals surface area contributed by atoms with E-state index in [9.17, 15) is 18.0 Å². The van der Waals surface area contributed by atoms with Gasteiger partial charge in [-0.2, -0.15) is 4.39 Å². The van der Waals surface area contributed by atoms with Gasteiger partial charge in [-0.3, -0.25) is 4.79 Å². The van der Waals surface area contributed by atoms with Gasteiger partial charge < -0.3 is 9.72 Å². The molecule has 13 heavy (non-hydrogen) atoms. The lowest BCUT2D eigenvalue weighted by molar-refractivity contribution is 0.145. The van der Waals surface area contributed by atoms with Crippen molar-refractivity contribution in [3.63, 3.8) is 0 Å². The van der Waals surface area contributed by atoms with Gasteiger partial charge in [0, 0.05) is 6.20 Å². The maximum Gasteiger partial charge on any atom is 0.287 e. The van der Waals surface area contributed by atoms with Crippen LogP contribution >= 0.6 is 0 Å². The van der Waals surface area contributed by atoms with Crippen molar-refractivity contribution in [3.05, 3.63) is 27.9 Å². The second-order valence-electron chi connectivity index (χ2n) is 2.22. The number of hydrogen-bond donors (Lipinski definition) is 1. The van der Waals surface area contributed by atoms with Gasteiger partial charge in [-0.1, -0.05) is 0 Å². The molecule has 0 fully saturated rings. The van der Waals surface area contributed by atoms with E-state index in [0.717, 1.165) is 13.3 Å². The van der Waals surface area contributed by atoms with Crippen molar-refractivity contribution in [1.82, 2.24) is 4.98 Å². The molecule has 0 bridgehead atoms. The van der Waals surface area contributed by atoms with E-state index < -0.39 is 29.1 Å². The fourth-order valence-electron chi connectivity index (χ4n) is 0.872.